The number of hydrogen-bond acceptors (Lipinski definition) is 3. The molecule has 1 saturated heterocycles. The number of rotatable bonds is 4. The zero-order valence-corrected chi connectivity index (χ0v) is 10.9. The Labute approximate surface area is 108 Å². The first kappa shape index (κ1) is 13.1. The van der Waals surface area contributed by atoms with Gasteiger partial charge in [0.25, 0.3) is 0 Å². The average Bonchev–Trinajstić information content (AvgIpc) is 2.38. The van der Waals surface area contributed by atoms with E-state index in [1.807, 2.05) is 12.1 Å². The fourth-order valence-electron chi connectivity index (χ4n) is 2.18. The largest absolute Gasteiger partial charge is 0.326 e. The first-order chi connectivity index (χ1) is 8.74. The summed E-state index contributed by atoms with van der Waals surface area (Å²) in [5.41, 5.74) is 2.19. The molecule has 1 fully saturated rings. The van der Waals surface area contributed by atoms with E-state index in [1.165, 1.54) is 12.5 Å². The van der Waals surface area contributed by atoms with E-state index in [2.05, 4.69) is 27.7 Å². The van der Waals surface area contributed by atoms with Gasteiger partial charge in [-0.05, 0) is 24.1 Å². The molecule has 98 valence electrons. The van der Waals surface area contributed by atoms with Crippen molar-refractivity contribution in [2.24, 2.45) is 0 Å². The quantitative estimate of drug-likeness (QED) is 0.837. The third kappa shape index (κ3) is 4.13. The Kier molecular flexibility index (Phi) is 4.73. The molecule has 1 aromatic rings. The molecular weight excluding hydrogens is 226 g/mol. The highest BCUT2D eigenvalue weighted by molar-refractivity contribution is 5.88. The molecule has 0 radical (unpaired) electrons. The van der Waals surface area contributed by atoms with Gasteiger partial charge < -0.3 is 15.5 Å². The van der Waals surface area contributed by atoms with E-state index in [0.29, 0.717) is 0 Å². The van der Waals surface area contributed by atoms with Crippen molar-refractivity contribution in [2.45, 2.75) is 13.3 Å². The molecule has 2 N–H and O–H groups in total. The van der Waals surface area contributed by atoms with Crippen molar-refractivity contribution in [2.75, 3.05) is 38.0 Å². The first-order valence-electron chi connectivity index (χ1n) is 6.53. The Balaban J connectivity index is 1.80. The third-order valence-corrected chi connectivity index (χ3v) is 3.20. The molecule has 0 aromatic heterocycles. The van der Waals surface area contributed by atoms with E-state index in [-0.39, 0.29) is 5.91 Å². The Hall–Kier alpha value is -1.39. The molecule has 2 rings (SSSR count). The maximum absolute atomic E-state index is 10.9. The van der Waals surface area contributed by atoms with E-state index in [4.69, 9.17) is 0 Å². The third-order valence-electron chi connectivity index (χ3n) is 3.20. The van der Waals surface area contributed by atoms with E-state index in [9.17, 15) is 4.79 Å². The normalized spacial score (nSPS) is 16.5. The second-order valence-corrected chi connectivity index (χ2v) is 4.72. The van der Waals surface area contributed by atoms with Crippen molar-refractivity contribution in [1.82, 2.24) is 10.2 Å². The van der Waals surface area contributed by atoms with Gasteiger partial charge >= 0.3 is 0 Å². The summed E-state index contributed by atoms with van der Waals surface area (Å²) in [6.07, 6.45) is 1.07. The van der Waals surface area contributed by atoms with Crippen LogP contribution >= 0.6 is 0 Å². The number of nitrogens with zero attached hydrogens (tertiary/aromatic N) is 1. The number of anilines is 1. The van der Waals surface area contributed by atoms with Crippen molar-refractivity contribution in [3.8, 4) is 0 Å². The average molecular weight is 247 g/mol. The van der Waals surface area contributed by atoms with Gasteiger partial charge in [-0.1, -0.05) is 12.1 Å². The van der Waals surface area contributed by atoms with Crippen LogP contribution in [-0.2, 0) is 11.2 Å². The molecule has 1 amide bonds. The van der Waals surface area contributed by atoms with Crippen LogP contribution in [0, 0.1) is 0 Å². The van der Waals surface area contributed by atoms with Crippen molar-refractivity contribution in [3.05, 3.63) is 29.8 Å². The van der Waals surface area contributed by atoms with Crippen LogP contribution in [0.5, 0.6) is 0 Å². The van der Waals surface area contributed by atoms with Gasteiger partial charge in [-0.15, -0.1) is 0 Å². The lowest BCUT2D eigenvalue weighted by molar-refractivity contribution is -0.114. The monoisotopic (exact) mass is 247 g/mol. The predicted octanol–water partition coefficient (Wildman–Crippen LogP) is 1.09. The summed E-state index contributed by atoms with van der Waals surface area (Å²) in [4.78, 5) is 13.4. The van der Waals surface area contributed by atoms with Crippen molar-refractivity contribution in [1.29, 1.82) is 0 Å². The fraction of sp³-hybridized carbons (Fsp3) is 0.500. The topological polar surface area (TPSA) is 44.4 Å². The fourth-order valence-corrected chi connectivity index (χ4v) is 2.18. The van der Waals surface area contributed by atoms with Crippen molar-refractivity contribution in [3.63, 3.8) is 0 Å². The van der Waals surface area contributed by atoms with Gasteiger partial charge in [0.1, 0.15) is 0 Å². The van der Waals surface area contributed by atoms with Gasteiger partial charge in [-0.2, -0.15) is 0 Å². The summed E-state index contributed by atoms with van der Waals surface area (Å²) >= 11 is 0. The minimum Gasteiger partial charge on any atom is -0.326 e. The Bertz CT molecular complexity index is 383. The molecule has 0 spiro atoms. The number of piperazine rings is 1. The molecule has 1 aromatic carbocycles. The van der Waals surface area contributed by atoms with Crippen LogP contribution < -0.4 is 10.6 Å². The number of amides is 1. The van der Waals surface area contributed by atoms with E-state index >= 15 is 0 Å². The van der Waals surface area contributed by atoms with Gasteiger partial charge in [-0.25, -0.2) is 0 Å². The lowest BCUT2D eigenvalue weighted by atomic mass is 10.1. The van der Waals surface area contributed by atoms with E-state index in [1.54, 1.807) is 0 Å². The molecule has 18 heavy (non-hydrogen) atoms. The van der Waals surface area contributed by atoms with Crippen molar-refractivity contribution < 1.29 is 4.79 Å². The summed E-state index contributed by atoms with van der Waals surface area (Å²) in [6.45, 7) is 7.12. The smallest absolute Gasteiger partial charge is 0.221 e. The second-order valence-electron chi connectivity index (χ2n) is 4.72. The van der Waals surface area contributed by atoms with Crippen LogP contribution in [0.2, 0.25) is 0 Å². The lowest BCUT2D eigenvalue weighted by Crippen LogP contribution is -2.44. The summed E-state index contributed by atoms with van der Waals surface area (Å²) in [6, 6.07) is 8.12. The van der Waals surface area contributed by atoms with E-state index < -0.39 is 0 Å². The lowest BCUT2D eigenvalue weighted by Gasteiger charge is -2.27. The summed E-state index contributed by atoms with van der Waals surface area (Å²) in [5, 5.41) is 6.14. The minimum absolute atomic E-state index is 0.0245. The number of hydrogen-bond donors (Lipinski definition) is 2. The zero-order valence-electron chi connectivity index (χ0n) is 10.9. The highest BCUT2D eigenvalue weighted by atomic mass is 16.1. The summed E-state index contributed by atoms with van der Waals surface area (Å²) in [7, 11) is 0. The number of benzene rings is 1. The van der Waals surface area contributed by atoms with Crippen LogP contribution in [-0.4, -0.2) is 43.5 Å². The van der Waals surface area contributed by atoms with Gasteiger partial charge in [0, 0.05) is 45.3 Å². The van der Waals surface area contributed by atoms with Crippen LogP contribution in [0.15, 0.2) is 24.3 Å². The zero-order chi connectivity index (χ0) is 12.8. The molecular formula is C14H21N3O. The predicted molar refractivity (Wildman–Crippen MR) is 73.8 cm³/mol. The highest BCUT2D eigenvalue weighted by Gasteiger charge is 2.08. The molecule has 1 aliphatic rings. The van der Waals surface area contributed by atoms with Crippen molar-refractivity contribution >= 4 is 11.6 Å². The van der Waals surface area contributed by atoms with Crippen LogP contribution in [0.25, 0.3) is 0 Å². The molecule has 4 nitrogen and oxygen atoms in total. The molecule has 0 bridgehead atoms. The Morgan fingerprint density at radius 3 is 2.56 bits per heavy atom. The maximum Gasteiger partial charge on any atom is 0.221 e. The van der Waals surface area contributed by atoms with Gasteiger partial charge in [0.05, 0.1) is 0 Å². The molecule has 0 saturated carbocycles. The van der Waals surface area contributed by atoms with Gasteiger partial charge in [-0.3, -0.25) is 4.79 Å². The molecule has 1 aliphatic heterocycles. The van der Waals surface area contributed by atoms with Crippen LogP contribution in [0.1, 0.15) is 12.5 Å². The number of carbonyl (C=O) groups excluding carboxylic acids is 1. The molecule has 4 heteroatoms. The maximum atomic E-state index is 10.9. The Morgan fingerprint density at radius 1 is 1.28 bits per heavy atom. The van der Waals surface area contributed by atoms with E-state index in [0.717, 1.165) is 44.8 Å². The molecule has 0 atom stereocenters. The Morgan fingerprint density at radius 2 is 1.94 bits per heavy atom. The van der Waals surface area contributed by atoms with Gasteiger partial charge in [0.15, 0.2) is 0 Å². The second kappa shape index (κ2) is 6.52. The highest BCUT2D eigenvalue weighted by Crippen LogP contribution is 2.10. The SMILES string of the molecule is CC(=O)Nc1ccc(CCN2CCNCC2)cc1. The minimum atomic E-state index is -0.0245. The number of carbonyl (C=O) groups is 1. The summed E-state index contributed by atoms with van der Waals surface area (Å²) < 4.78 is 0. The van der Waals surface area contributed by atoms with Gasteiger partial charge in [0.2, 0.25) is 5.91 Å². The summed E-state index contributed by atoms with van der Waals surface area (Å²) in [5.74, 6) is -0.0245. The van der Waals surface area contributed by atoms with Crippen LogP contribution in [0.4, 0.5) is 5.69 Å². The van der Waals surface area contributed by atoms with Crippen LogP contribution in [0.3, 0.4) is 0 Å². The molecule has 0 unspecified atom stereocenters. The molecule has 1 heterocycles. The standard InChI is InChI=1S/C14H21N3O/c1-12(18)16-14-4-2-13(3-5-14)6-9-17-10-7-15-8-11-17/h2-5,15H,6-11H2,1H3,(H,16,18). The first-order valence-corrected chi connectivity index (χ1v) is 6.53. The molecule has 0 aliphatic carbocycles. The number of nitrogens with one attached hydrogen (secondary N) is 2.